The van der Waals surface area contributed by atoms with Crippen molar-refractivity contribution in [3.8, 4) is 0 Å². The molecule has 9 heteroatoms. The first kappa shape index (κ1) is 15.3. The number of nitrogens with one attached hydrogen (secondary N) is 2. The lowest BCUT2D eigenvalue weighted by molar-refractivity contribution is 0.245. The average molecular weight is 289 g/mol. The number of amides is 2. The number of unbranched alkanes of at least 4 members (excludes halogenated alkanes) is 1. The number of hydrogen-bond donors (Lipinski definition) is 3. The standard InChI is InChI=1S/C10H19N5O3S/c1-3-5-6-12-10(16)14-19(17,18)8-7-15(4-2)13-9(8)11/h7H,3-6H2,1-2H3,(H2,11,13)(H2,12,14,16). The highest BCUT2D eigenvalue weighted by Gasteiger charge is 2.23. The molecule has 0 atom stereocenters. The van der Waals surface area contributed by atoms with Gasteiger partial charge in [0.1, 0.15) is 4.90 Å². The molecule has 1 heterocycles. The number of sulfonamides is 1. The van der Waals surface area contributed by atoms with Crippen LogP contribution in [-0.4, -0.2) is 30.8 Å². The summed E-state index contributed by atoms with van der Waals surface area (Å²) in [5.74, 6) is -0.129. The van der Waals surface area contributed by atoms with Gasteiger partial charge in [0.05, 0.1) is 0 Å². The summed E-state index contributed by atoms with van der Waals surface area (Å²) in [5.41, 5.74) is 5.52. The maximum absolute atomic E-state index is 11.9. The molecule has 1 aromatic heterocycles. The van der Waals surface area contributed by atoms with Crippen LogP contribution in [0.2, 0.25) is 0 Å². The predicted octanol–water partition coefficient (Wildman–Crippen LogP) is 0.273. The van der Waals surface area contributed by atoms with Crippen LogP contribution < -0.4 is 15.8 Å². The lowest BCUT2D eigenvalue weighted by atomic mass is 10.3. The summed E-state index contributed by atoms with van der Waals surface area (Å²) in [6, 6.07) is -0.767. The molecule has 0 unspecified atom stereocenters. The number of aryl methyl sites for hydroxylation is 1. The number of carbonyl (C=O) groups excluding carboxylic acids is 1. The Morgan fingerprint density at radius 2 is 2.16 bits per heavy atom. The van der Waals surface area contributed by atoms with Gasteiger partial charge in [0.25, 0.3) is 10.0 Å². The van der Waals surface area contributed by atoms with Gasteiger partial charge in [-0.1, -0.05) is 13.3 Å². The molecule has 0 aromatic carbocycles. The Bertz CT molecular complexity index is 537. The quantitative estimate of drug-likeness (QED) is 0.649. The Hall–Kier alpha value is -1.77. The number of anilines is 1. The number of rotatable bonds is 6. The van der Waals surface area contributed by atoms with E-state index < -0.39 is 16.1 Å². The Balaban J connectivity index is 2.75. The van der Waals surface area contributed by atoms with E-state index in [9.17, 15) is 13.2 Å². The number of nitrogens with zero attached hydrogens (tertiary/aromatic N) is 2. The van der Waals surface area contributed by atoms with Gasteiger partial charge in [0.2, 0.25) is 0 Å². The third kappa shape index (κ3) is 4.12. The van der Waals surface area contributed by atoms with Gasteiger partial charge in [-0.15, -0.1) is 0 Å². The first-order valence-electron chi connectivity index (χ1n) is 6.04. The third-order valence-electron chi connectivity index (χ3n) is 2.41. The molecule has 8 nitrogen and oxygen atoms in total. The summed E-state index contributed by atoms with van der Waals surface area (Å²) < 4.78 is 27.1. The second kappa shape index (κ2) is 6.41. The molecule has 0 radical (unpaired) electrons. The molecule has 0 saturated carbocycles. The molecule has 0 spiro atoms. The number of carbonyl (C=O) groups is 1. The first-order valence-corrected chi connectivity index (χ1v) is 7.52. The Morgan fingerprint density at radius 1 is 1.47 bits per heavy atom. The van der Waals surface area contributed by atoms with E-state index in [2.05, 4.69) is 10.4 Å². The summed E-state index contributed by atoms with van der Waals surface area (Å²) in [7, 11) is -3.99. The second-order valence-electron chi connectivity index (χ2n) is 3.95. The number of nitrogen functional groups attached to an aromatic ring is 1. The van der Waals surface area contributed by atoms with Crippen molar-refractivity contribution in [1.82, 2.24) is 19.8 Å². The molecule has 1 aromatic rings. The molecule has 0 aliphatic rings. The number of aromatic nitrogens is 2. The van der Waals surface area contributed by atoms with Crippen LogP contribution in [-0.2, 0) is 16.6 Å². The SMILES string of the molecule is CCCCNC(=O)NS(=O)(=O)c1cn(CC)nc1N. The zero-order chi connectivity index (χ0) is 14.5. The fourth-order valence-electron chi connectivity index (χ4n) is 1.38. The highest BCUT2D eigenvalue weighted by molar-refractivity contribution is 7.90. The Kier molecular flexibility index (Phi) is 5.16. The monoisotopic (exact) mass is 289 g/mol. The molecular weight excluding hydrogens is 270 g/mol. The van der Waals surface area contributed by atoms with Crippen molar-refractivity contribution in [2.45, 2.75) is 38.1 Å². The van der Waals surface area contributed by atoms with E-state index in [1.165, 1.54) is 10.9 Å². The minimum Gasteiger partial charge on any atom is -0.381 e. The van der Waals surface area contributed by atoms with Crippen molar-refractivity contribution < 1.29 is 13.2 Å². The summed E-state index contributed by atoms with van der Waals surface area (Å²) >= 11 is 0. The van der Waals surface area contributed by atoms with Gasteiger partial charge in [-0.25, -0.2) is 17.9 Å². The maximum Gasteiger partial charge on any atom is 0.328 e. The number of urea groups is 1. The summed E-state index contributed by atoms with van der Waals surface area (Å²) in [4.78, 5) is 11.2. The van der Waals surface area contributed by atoms with Crippen LogP contribution in [0.3, 0.4) is 0 Å². The van der Waals surface area contributed by atoms with E-state index >= 15 is 0 Å². The largest absolute Gasteiger partial charge is 0.381 e. The van der Waals surface area contributed by atoms with Crippen LogP contribution >= 0.6 is 0 Å². The van der Waals surface area contributed by atoms with Gasteiger partial charge < -0.3 is 11.1 Å². The molecule has 0 fully saturated rings. The molecule has 19 heavy (non-hydrogen) atoms. The van der Waals surface area contributed by atoms with E-state index in [0.717, 1.165) is 12.8 Å². The Morgan fingerprint density at radius 3 is 2.68 bits per heavy atom. The van der Waals surface area contributed by atoms with Crippen LogP contribution in [0.4, 0.5) is 10.6 Å². The van der Waals surface area contributed by atoms with Crippen LogP contribution in [0.25, 0.3) is 0 Å². The van der Waals surface area contributed by atoms with Crippen LogP contribution in [0.1, 0.15) is 26.7 Å². The van der Waals surface area contributed by atoms with Crippen molar-refractivity contribution in [2.24, 2.45) is 0 Å². The zero-order valence-electron chi connectivity index (χ0n) is 11.0. The van der Waals surface area contributed by atoms with E-state index in [4.69, 9.17) is 5.73 Å². The minimum absolute atomic E-state index is 0.129. The lowest BCUT2D eigenvalue weighted by Crippen LogP contribution is -2.39. The summed E-state index contributed by atoms with van der Waals surface area (Å²) in [6.07, 6.45) is 2.98. The third-order valence-corrected chi connectivity index (χ3v) is 3.76. The van der Waals surface area contributed by atoms with Crippen molar-refractivity contribution in [2.75, 3.05) is 12.3 Å². The van der Waals surface area contributed by atoms with Gasteiger partial charge >= 0.3 is 6.03 Å². The Labute approximate surface area is 112 Å². The fraction of sp³-hybridized carbons (Fsp3) is 0.600. The molecule has 1 rings (SSSR count). The molecule has 0 saturated heterocycles. The van der Waals surface area contributed by atoms with E-state index in [0.29, 0.717) is 13.1 Å². The number of nitrogens with two attached hydrogens (primary N) is 1. The van der Waals surface area contributed by atoms with Crippen molar-refractivity contribution in [1.29, 1.82) is 0 Å². The van der Waals surface area contributed by atoms with Gasteiger partial charge in [0.15, 0.2) is 5.82 Å². The smallest absolute Gasteiger partial charge is 0.328 e. The molecule has 4 N–H and O–H groups in total. The molecule has 2 amide bonds. The highest BCUT2D eigenvalue weighted by atomic mass is 32.2. The van der Waals surface area contributed by atoms with Gasteiger partial charge in [-0.05, 0) is 13.3 Å². The van der Waals surface area contributed by atoms with Crippen molar-refractivity contribution >= 4 is 21.9 Å². The van der Waals surface area contributed by atoms with Crippen LogP contribution in [0.15, 0.2) is 11.1 Å². The van der Waals surface area contributed by atoms with Gasteiger partial charge in [-0.3, -0.25) is 4.68 Å². The summed E-state index contributed by atoms with van der Waals surface area (Å²) in [5, 5.41) is 6.27. The zero-order valence-corrected chi connectivity index (χ0v) is 11.8. The number of hydrogen-bond acceptors (Lipinski definition) is 5. The van der Waals surface area contributed by atoms with E-state index in [1.807, 2.05) is 11.6 Å². The normalized spacial score (nSPS) is 11.3. The minimum atomic E-state index is -3.99. The van der Waals surface area contributed by atoms with Gasteiger partial charge in [-0.2, -0.15) is 5.10 Å². The topological polar surface area (TPSA) is 119 Å². The average Bonchev–Trinajstić information content (AvgIpc) is 2.71. The molecule has 0 bridgehead atoms. The molecule has 0 aliphatic carbocycles. The van der Waals surface area contributed by atoms with Gasteiger partial charge in [0, 0.05) is 19.3 Å². The van der Waals surface area contributed by atoms with Crippen molar-refractivity contribution in [3.63, 3.8) is 0 Å². The van der Waals surface area contributed by atoms with E-state index in [1.54, 1.807) is 6.92 Å². The molecular formula is C10H19N5O3S. The first-order chi connectivity index (χ1) is 8.90. The fourth-order valence-corrected chi connectivity index (χ4v) is 2.38. The molecule has 0 aliphatic heterocycles. The van der Waals surface area contributed by atoms with Crippen molar-refractivity contribution in [3.05, 3.63) is 6.20 Å². The van der Waals surface area contributed by atoms with E-state index in [-0.39, 0.29) is 10.7 Å². The predicted molar refractivity (Wildman–Crippen MR) is 70.9 cm³/mol. The molecule has 108 valence electrons. The maximum atomic E-state index is 11.9. The van der Waals surface area contributed by atoms with Crippen LogP contribution in [0.5, 0.6) is 0 Å². The summed E-state index contributed by atoms with van der Waals surface area (Å²) in [6.45, 7) is 4.67. The highest BCUT2D eigenvalue weighted by Crippen LogP contribution is 2.15. The lowest BCUT2D eigenvalue weighted by Gasteiger charge is -2.07. The van der Waals surface area contributed by atoms with Crippen LogP contribution in [0, 0.1) is 0 Å². The second-order valence-corrected chi connectivity index (χ2v) is 5.60.